The topological polar surface area (TPSA) is 46.8 Å². The molecule has 0 saturated heterocycles. The zero-order chi connectivity index (χ0) is 14.4. The number of H-pyrrole nitrogens is 1. The zero-order valence-corrected chi connectivity index (χ0v) is 13.0. The number of benzene rings is 1. The molecule has 0 saturated carbocycles. The lowest BCUT2D eigenvalue weighted by Gasteiger charge is -2.14. The number of aryl methyl sites for hydroxylation is 2. The van der Waals surface area contributed by atoms with Crippen LogP contribution in [0.2, 0.25) is 5.02 Å². The zero-order valence-electron chi connectivity index (χ0n) is 11.4. The third kappa shape index (κ3) is 1.98. The number of halogens is 1. The Morgan fingerprint density at radius 1 is 1.40 bits per heavy atom. The minimum atomic E-state index is 0.0451. The van der Waals surface area contributed by atoms with Crippen molar-refractivity contribution >= 4 is 34.9 Å². The van der Waals surface area contributed by atoms with Crippen molar-refractivity contribution in [1.82, 2.24) is 14.7 Å². The fraction of sp³-hybridized carbons (Fsp3) is 0.286. The number of hydrogen-bond acceptors (Lipinski definition) is 3. The van der Waals surface area contributed by atoms with Crippen LogP contribution in [-0.4, -0.2) is 14.7 Å². The van der Waals surface area contributed by atoms with Crippen LogP contribution in [0.5, 0.6) is 0 Å². The van der Waals surface area contributed by atoms with Crippen molar-refractivity contribution in [2.45, 2.75) is 26.8 Å². The van der Waals surface area contributed by atoms with Gasteiger partial charge in [-0.2, -0.15) is 0 Å². The lowest BCUT2D eigenvalue weighted by molar-refractivity contribution is 0.391. The van der Waals surface area contributed by atoms with Crippen LogP contribution in [0.4, 0.5) is 0 Å². The molecule has 104 valence electrons. The molecule has 0 aliphatic rings. The molecule has 0 aliphatic heterocycles. The van der Waals surface area contributed by atoms with Crippen LogP contribution in [-0.2, 0) is 0 Å². The van der Waals surface area contributed by atoms with Gasteiger partial charge in [-0.1, -0.05) is 16.8 Å². The van der Waals surface area contributed by atoms with E-state index in [1.165, 1.54) is 0 Å². The van der Waals surface area contributed by atoms with Gasteiger partial charge in [-0.05, 0) is 51.2 Å². The van der Waals surface area contributed by atoms with Gasteiger partial charge >= 0.3 is 0 Å². The molecule has 2 aromatic heterocycles. The Morgan fingerprint density at radius 3 is 2.80 bits per heavy atom. The molecule has 20 heavy (non-hydrogen) atoms. The molecule has 1 atom stereocenters. The van der Waals surface area contributed by atoms with Gasteiger partial charge < -0.3 is 14.1 Å². The second-order valence-electron chi connectivity index (χ2n) is 4.88. The first kappa shape index (κ1) is 13.4. The summed E-state index contributed by atoms with van der Waals surface area (Å²) in [7, 11) is 0. The Balaban J connectivity index is 2.24. The quantitative estimate of drug-likeness (QED) is 0.706. The molecule has 1 N–H and O–H groups in total. The van der Waals surface area contributed by atoms with E-state index in [4.69, 9.17) is 28.3 Å². The highest BCUT2D eigenvalue weighted by Crippen LogP contribution is 2.29. The van der Waals surface area contributed by atoms with Crippen LogP contribution in [0.3, 0.4) is 0 Å². The molecule has 0 fully saturated rings. The smallest absolute Gasteiger partial charge is 0.178 e. The maximum absolute atomic E-state index is 6.02. The molecule has 3 rings (SSSR count). The fourth-order valence-corrected chi connectivity index (χ4v) is 3.24. The van der Waals surface area contributed by atoms with Gasteiger partial charge in [-0.25, -0.2) is 0 Å². The molecule has 0 bridgehead atoms. The SMILES string of the molecule is Cc1noc(C)c1C(C)n1c(=S)[nH]c2cc(Cl)ccc21. The van der Waals surface area contributed by atoms with E-state index in [2.05, 4.69) is 21.6 Å². The molecule has 0 radical (unpaired) electrons. The minimum absolute atomic E-state index is 0.0451. The van der Waals surface area contributed by atoms with Crippen molar-refractivity contribution in [1.29, 1.82) is 0 Å². The Kier molecular flexibility index (Phi) is 3.18. The maximum Gasteiger partial charge on any atom is 0.178 e. The van der Waals surface area contributed by atoms with Gasteiger partial charge in [-0.3, -0.25) is 0 Å². The van der Waals surface area contributed by atoms with Gasteiger partial charge in [0.2, 0.25) is 0 Å². The number of rotatable bonds is 2. The van der Waals surface area contributed by atoms with Crippen LogP contribution < -0.4 is 0 Å². The minimum Gasteiger partial charge on any atom is -0.361 e. The van der Waals surface area contributed by atoms with E-state index in [1.807, 2.05) is 32.0 Å². The average Bonchev–Trinajstić information content (AvgIpc) is 2.88. The van der Waals surface area contributed by atoms with Crippen molar-refractivity contribution in [3.63, 3.8) is 0 Å². The first-order chi connectivity index (χ1) is 9.49. The van der Waals surface area contributed by atoms with E-state index in [9.17, 15) is 0 Å². The van der Waals surface area contributed by atoms with Crippen LogP contribution in [0.1, 0.15) is 30.0 Å². The van der Waals surface area contributed by atoms with Crippen LogP contribution in [0, 0.1) is 18.6 Å². The Labute approximate surface area is 126 Å². The maximum atomic E-state index is 6.02. The predicted octanol–water partition coefficient (Wildman–Crippen LogP) is 4.57. The lowest BCUT2D eigenvalue weighted by Crippen LogP contribution is -2.08. The van der Waals surface area contributed by atoms with E-state index >= 15 is 0 Å². The van der Waals surface area contributed by atoms with Crippen LogP contribution in [0.15, 0.2) is 22.7 Å². The molecule has 4 nitrogen and oxygen atoms in total. The number of hydrogen-bond donors (Lipinski definition) is 1. The summed E-state index contributed by atoms with van der Waals surface area (Å²) in [5, 5.41) is 4.70. The Morgan fingerprint density at radius 2 is 2.15 bits per heavy atom. The first-order valence-corrected chi connectivity index (χ1v) is 7.10. The monoisotopic (exact) mass is 307 g/mol. The standard InChI is InChI=1S/C14H14ClN3OS/c1-7-13(9(3)19-17-7)8(2)18-12-5-4-10(15)6-11(12)16-14(18)20/h4-6,8H,1-3H3,(H,16,20). The summed E-state index contributed by atoms with van der Waals surface area (Å²) in [5.41, 5.74) is 3.91. The number of nitrogens with zero attached hydrogens (tertiary/aromatic N) is 2. The second kappa shape index (κ2) is 4.75. The summed E-state index contributed by atoms with van der Waals surface area (Å²) in [4.78, 5) is 3.19. The number of fused-ring (bicyclic) bond motifs is 1. The van der Waals surface area contributed by atoms with Gasteiger partial charge in [0.25, 0.3) is 0 Å². The molecule has 0 aliphatic carbocycles. The summed E-state index contributed by atoms with van der Waals surface area (Å²) in [6.45, 7) is 5.95. The molecule has 0 amide bonds. The molecule has 1 aromatic carbocycles. The van der Waals surface area contributed by atoms with Gasteiger partial charge in [-0.15, -0.1) is 0 Å². The highest BCUT2D eigenvalue weighted by Gasteiger charge is 2.20. The first-order valence-electron chi connectivity index (χ1n) is 6.31. The summed E-state index contributed by atoms with van der Waals surface area (Å²) < 4.78 is 7.98. The molecule has 3 aromatic rings. The second-order valence-corrected chi connectivity index (χ2v) is 5.70. The third-order valence-corrected chi connectivity index (χ3v) is 4.11. The number of aromatic nitrogens is 3. The van der Waals surface area contributed by atoms with E-state index < -0.39 is 0 Å². The van der Waals surface area contributed by atoms with Gasteiger partial charge in [0, 0.05) is 10.6 Å². The normalized spacial score (nSPS) is 13.0. The average molecular weight is 308 g/mol. The van der Waals surface area contributed by atoms with E-state index in [0.29, 0.717) is 9.79 Å². The molecule has 1 unspecified atom stereocenters. The van der Waals surface area contributed by atoms with Gasteiger partial charge in [0.15, 0.2) is 4.77 Å². The summed E-state index contributed by atoms with van der Waals surface area (Å²) in [6, 6.07) is 5.76. The number of aromatic amines is 1. The van der Waals surface area contributed by atoms with Crippen LogP contribution >= 0.6 is 23.8 Å². The Hall–Kier alpha value is -1.59. The highest BCUT2D eigenvalue weighted by molar-refractivity contribution is 7.71. The van der Waals surface area contributed by atoms with E-state index in [0.717, 1.165) is 28.1 Å². The van der Waals surface area contributed by atoms with Crippen molar-refractivity contribution < 1.29 is 4.52 Å². The third-order valence-electron chi connectivity index (χ3n) is 3.57. The summed E-state index contributed by atoms with van der Waals surface area (Å²) in [5.74, 6) is 0.820. The van der Waals surface area contributed by atoms with Crippen molar-refractivity contribution in [2.24, 2.45) is 0 Å². The van der Waals surface area contributed by atoms with Gasteiger partial charge in [0.1, 0.15) is 5.76 Å². The van der Waals surface area contributed by atoms with Crippen molar-refractivity contribution in [3.8, 4) is 0 Å². The predicted molar refractivity (Wildman–Crippen MR) is 81.9 cm³/mol. The Bertz CT molecular complexity index is 826. The number of nitrogens with one attached hydrogen (secondary N) is 1. The van der Waals surface area contributed by atoms with E-state index in [1.54, 1.807) is 0 Å². The molecule has 2 heterocycles. The number of imidazole rings is 1. The molecule has 0 spiro atoms. The molecular weight excluding hydrogens is 294 g/mol. The lowest BCUT2D eigenvalue weighted by atomic mass is 10.1. The summed E-state index contributed by atoms with van der Waals surface area (Å²) in [6.07, 6.45) is 0. The summed E-state index contributed by atoms with van der Waals surface area (Å²) >= 11 is 11.5. The highest BCUT2D eigenvalue weighted by atomic mass is 35.5. The van der Waals surface area contributed by atoms with Crippen LogP contribution in [0.25, 0.3) is 11.0 Å². The van der Waals surface area contributed by atoms with E-state index in [-0.39, 0.29) is 6.04 Å². The largest absolute Gasteiger partial charge is 0.361 e. The fourth-order valence-electron chi connectivity index (χ4n) is 2.70. The van der Waals surface area contributed by atoms with Gasteiger partial charge in [0.05, 0.1) is 22.8 Å². The molecular formula is C14H14ClN3OS. The van der Waals surface area contributed by atoms with Crippen molar-refractivity contribution in [2.75, 3.05) is 0 Å². The van der Waals surface area contributed by atoms with Crippen molar-refractivity contribution in [3.05, 3.63) is 45.0 Å². The molecule has 6 heteroatoms.